The second-order valence-corrected chi connectivity index (χ2v) is 8.03. The van der Waals surface area contributed by atoms with Crippen LogP contribution in [0.1, 0.15) is 53.1 Å². The number of rotatable bonds is 7. The number of nitrogens with one attached hydrogen (secondary N) is 1. The zero-order valence-corrected chi connectivity index (χ0v) is 16.8. The Balaban J connectivity index is 1.79. The Kier molecular flexibility index (Phi) is 6.01. The Morgan fingerprint density at radius 3 is 2.67 bits per heavy atom. The van der Waals surface area contributed by atoms with Crippen LogP contribution < -0.4 is 5.32 Å². The lowest BCUT2D eigenvalue weighted by Crippen LogP contribution is -2.35. The van der Waals surface area contributed by atoms with E-state index in [1.54, 1.807) is 25.2 Å². The van der Waals surface area contributed by atoms with Crippen molar-refractivity contribution in [2.75, 3.05) is 0 Å². The molecule has 1 amide bonds. The molecule has 3 heterocycles. The van der Waals surface area contributed by atoms with Crippen molar-refractivity contribution in [3.8, 4) is 0 Å². The Morgan fingerprint density at radius 1 is 1.33 bits per heavy atom. The van der Waals surface area contributed by atoms with Gasteiger partial charge in [0, 0.05) is 23.2 Å². The van der Waals surface area contributed by atoms with Gasteiger partial charge in [0.05, 0.1) is 6.04 Å². The molecule has 0 radical (unpaired) electrons. The molecule has 3 rings (SSSR count). The van der Waals surface area contributed by atoms with Gasteiger partial charge in [-0.25, -0.2) is 13.8 Å². The summed E-state index contributed by atoms with van der Waals surface area (Å²) in [5.74, 6) is -0.282. The van der Waals surface area contributed by atoms with Crippen LogP contribution in [0.25, 0.3) is 0 Å². The predicted octanol–water partition coefficient (Wildman–Crippen LogP) is 4.62. The van der Waals surface area contributed by atoms with Crippen molar-refractivity contribution in [2.24, 2.45) is 0 Å². The van der Waals surface area contributed by atoms with Gasteiger partial charge in [0.1, 0.15) is 16.7 Å². The van der Waals surface area contributed by atoms with Crippen molar-refractivity contribution < 1.29 is 13.6 Å². The number of aryl methyl sites for hydroxylation is 2. The van der Waals surface area contributed by atoms with Gasteiger partial charge in [0.15, 0.2) is 0 Å². The number of hydrogen-bond donors (Lipinski definition) is 1. The van der Waals surface area contributed by atoms with Crippen LogP contribution in [0.5, 0.6) is 0 Å². The maximum absolute atomic E-state index is 12.9. The van der Waals surface area contributed by atoms with Crippen molar-refractivity contribution in [2.45, 2.75) is 45.7 Å². The standard InChI is InChI=1S/C18H20F2N4OS2/c1-10-8-27-18(21-10)15(7-13-4-5-26-9-13)22-17(25)12(3)24-11(2)6-14(23-24)16(19)20/h4-6,8-9,12,15-16H,7H2,1-3H3,(H,22,25)/t12-,15+/m1/s1. The first kappa shape index (κ1) is 19.6. The Labute approximate surface area is 164 Å². The average molecular weight is 411 g/mol. The first-order valence-corrected chi connectivity index (χ1v) is 10.2. The van der Waals surface area contributed by atoms with Crippen LogP contribution in [-0.4, -0.2) is 20.7 Å². The van der Waals surface area contributed by atoms with Crippen LogP contribution in [0, 0.1) is 13.8 Å². The third kappa shape index (κ3) is 4.59. The topological polar surface area (TPSA) is 59.8 Å². The molecule has 0 bridgehead atoms. The summed E-state index contributed by atoms with van der Waals surface area (Å²) in [5.41, 5.74) is 2.21. The summed E-state index contributed by atoms with van der Waals surface area (Å²) in [4.78, 5) is 17.3. The smallest absolute Gasteiger partial charge is 0.282 e. The van der Waals surface area contributed by atoms with E-state index in [0.717, 1.165) is 16.3 Å². The molecule has 3 aromatic rings. The largest absolute Gasteiger partial charge is 0.345 e. The highest BCUT2D eigenvalue weighted by Crippen LogP contribution is 2.25. The normalized spacial score (nSPS) is 13.7. The summed E-state index contributed by atoms with van der Waals surface area (Å²) in [6.45, 7) is 5.22. The summed E-state index contributed by atoms with van der Waals surface area (Å²) < 4.78 is 27.1. The van der Waals surface area contributed by atoms with E-state index in [-0.39, 0.29) is 17.6 Å². The Morgan fingerprint density at radius 2 is 2.11 bits per heavy atom. The van der Waals surface area contributed by atoms with E-state index in [1.807, 2.05) is 29.1 Å². The van der Waals surface area contributed by atoms with Gasteiger partial charge in [-0.15, -0.1) is 11.3 Å². The highest BCUT2D eigenvalue weighted by Gasteiger charge is 2.25. The summed E-state index contributed by atoms with van der Waals surface area (Å²) >= 11 is 3.09. The van der Waals surface area contributed by atoms with Crippen molar-refractivity contribution in [1.29, 1.82) is 0 Å². The minimum absolute atomic E-state index is 0.279. The maximum Gasteiger partial charge on any atom is 0.282 e. The van der Waals surface area contributed by atoms with Crippen LogP contribution in [0.3, 0.4) is 0 Å². The minimum Gasteiger partial charge on any atom is -0.345 e. The molecule has 1 N–H and O–H groups in total. The summed E-state index contributed by atoms with van der Waals surface area (Å²) in [6, 6.07) is 2.34. The number of nitrogens with zero attached hydrogens (tertiary/aromatic N) is 3. The van der Waals surface area contributed by atoms with Crippen molar-refractivity contribution in [3.63, 3.8) is 0 Å². The number of amides is 1. The Hall–Kier alpha value is -2.13. The van der Waals surface area contributed by atoms with Gasteiger partial charge in [-0.2, -0.15) is 16.4 Å². The van der Waals surface area contributed by atoms with E-state index in [2.05, 4.69) is 15.4 Å². The molecule has 0 fully saturated rings. The average Bonchev–Trinajstić information content (AvgIpc) is 3.35. The van der Waals surface area contributed by atoms with Crippen LogP contribution in [0.15, 0.2) is 28.3 Å². The zero-order valence-electron chi connectivity index (χ0n) is 15.1. The molecule has 0 aliphatic carbocycles. The molecule has 0 saturated carbocycles. The first-order valence-electron chi connectivity index (χ1n) is 8.42. The SMILES string of the molecule is Cc1csc([C@H](Cc2ccsc2)NC(=O)[C@@H](C)n2nc(C(F)F)cc2C)n1. The monoisotopic (exact) mass is 410 g/mol. The van der Waals surface area contributed by atoms with Crippen LogP contribution >= 0.6 is 22.7 Å². The van der Waals surface area contributed by atoms with E-state index in [0.29, 0.717) is 12.1 Å². The number of aromatic nitrogens is 3. The van der Waals surface area contributed by atoms with Gasteiger partial charge in [-0.1, -0.05) is 0 Å². The maximum atomic E-state index is 12.9. The highest BCUT2D eigenvalue weighted by molar-refractivity contribution is 7.09. The van der Waals surface area contributed by atoms with Gasteiger partial charge in [-0.3, -0.25) is 9.48 Å². The number of thiazole rings is 1. The summed E-state index contributed by atoms with van der Waals surface area (Å²) in [7, 11) is 0. The number of carbonyl (C=O) groups is 1. The van der Waals surface area contributed by atoms with Crippen LogP contribution in [0.2, 0.25) is 0 Å². The van der Waals surface area contributed by atoms with E-state index in [9.17, 15) is 13.6 Å². The lowest BCUT2D eigenvalue weighted by atomic mass is 10.1. The van der Waals surface area contributed by atoms with Crippen molar-refractivity contribution in [3.05, 3.63) is 55.9 Å². The molecule has 0 spiro atoms. The van der Waals surface area contributed by atoms with Crippen LogP contribution in [0.4, 0.5) is 8.78 Å². The molecule has 0 unspecified atom stereocenters. The third-order valence-electron chi connectivity index (χ3n) is 4.18. The molecule has 3 aromatic heterocycles. The molecule has 5 nitrogen and oxygen atoms in total. The van der Waals surface area contributed by atoms with Gasteiger partial charge in [-0.05, 0) is 49.2 Å². The van der Waals surface area contributed by atoms with Gasteiger partial charge in [0.25, 0.3) is 6.43 Å². The van der Waals surface area contributed by atoms with Crippen molar-refractivity contribution in [1.82, 2.24) is 20.1 Å². The van der Waals surface area contributed by atoms with Gasteiger partial charge in [0.2, 0.25) is 5.91 Å². The first-order chi connectivity index (χ1) is 12.8. The second kappa shape index (κ2) is 8.26. The minimum atomic E-state index is -2.66. The van der Waals surface area contributed by atoms with Gasteiger partial charge < -0.3 is 5.32 Å². The molecule has 2 atom stereocenters. The highest BCUT2D eigenvalue weighted by atomic mass is 32.1. The lowest BCUT2D eigenvalue weighted by Gasteiger charge is -2.20. The van der Waals surface area contributed by atoms with E-state index >= 15 is 0 Å². The summed E-state index contributed by atoms with van der Waals surface area (Å²) in [6.07, 6.45) is -2.04. The molecule has 144 valence electrons. The fourth-order valence-electron chi connectivity index (χ4n) is 2.79. The number of hydrogen-bond acceptors (Lipinski definition) is 5. The third-order valence-corrected chi connectivity index (χ3v) is 5.99. The molecule has 0 aliphatic rings. The fraction of sp³-hybridized carbons (Fsp3) is 0.389. The zero-order chi connectivity index (χ0) is 19.6. The number of halogens is 2. The van der Waals surface area contributed by atoms with Crippen LogP contribution in [-0.2, 0) is 11.2 Å². The molecule has 0 aliphatic heterocycles. The lowest BCUT2D eigenvalue weighted by molar-refractivity contribution is -0.125. The van der Waals surface area contributed by atoms with E-state index < -0.39 is 12.5 Å². The quantitative estimate of drug-likeness (QED) is 0.618. The summed E-state index contributed by atoms with van der Waals surface area (Å²) in [5, 5.41) is 13.7. The van der Waals surface area contributed by atoms with Gasteiger partial charge >= 0.3 is 0 Å². The molecular weight excluding hydrogens is 390 g/mol. The van der Waals surface area contributed by atoms with Crippen molar-refractivity contribution >= 4 is 28.6 Å². The molecule has 9 heteroatoms. The fourth-order valence-corrected chi connectivity index (χ4v) is 4.32. The molecule has 0 saturated heterocycles. The van der Waals surface area contributed by atoms with E-state index in [4.69, 9.17) is 0 Å². The predicted molar refractivity (Wildman–Crippen MR) is 102 cm³/mol. The number of carbonyl (C=O) groups excluding carboxylic acids is 1. The Bertz CT molecular complexity index is 905. The molecule has 27 heavy (non-hydrogen) atoms. The number of alkyl halides is 2. The molecule has 0 aromatic carbocycles. The molecular formula is C18H20F2N4OS2. The van der Waals surface area contributed by atoms with E-state index in [1.165, 1.54) is 22.1 Å². The second-order valence-electron chi connectivity index (χ2n) is 6.36. The number of thiophene rings is 1.